The second-order valence-corrected chi connectivity index (χ2v) is 3.27. The highest BCUT2D eigenvalue weighted by Gasteiger charge is 2.03. The highest BCUT2D eigenvalue weighted by atomic mass is 16.5. The third-order valence-corrected chi connectivity index (χ3v) is 1.44. The molecule has 3 N–H and O–H groups in total. The molecule has 0 aliphatic heterocycles. The summed E-state index contributed by atoms with van der Waals surface area (Å²) >= 11 is 0. The maximum absolute atomic E-state index is 8.48. The minimum absolute atomic E-state index is 0. The van der Waals surface area contributed by atoms with Gasteiger partial charge >= 0.3 is 0 Å². The fourth-order valence-electron chi connectivity index (χ4n) is 0.780. The Hall–Kier alpha value is -0.160. The molecular weight excluding hydrogens is 242 g/mol. The highest BCUT2D eigenvalue weighted by Crippen LogP contribution is 1.93. The van der Waals surface area contributed by atoms with Crippen molar-refractivity contribution in [3.63, 3.8) is 0 Å². The molecule has 0 radical (unpaired) electrons. The van der Waals surface area contributed by atoms with Crippen molar-refractivity contribution in [3.8, 4) is 0 Å². The SMILES string of the molecule is C.C.C.C.C.C.CC(N)COC(C)COCCCO. The van der Waals surface area contributed by atoms with Gasteiger partial charge in [-0.1, -0.05) is 44.6 Å². The summed E-state index contributed by atoms with van der Waals surface area (Å²) in [4.78, 5) is 0. The number of rotatable bonds is 8. The van der Waals surface area contributed by atoms with Crippen LogP contribution in [0.1, 0.15) is 64.8 Å². The van der Waals surface area contributed by atoms with Gasteiger partial charge in [0.2, 0.25) is 0 Å². The van der Waals surface area contributed by atoms with Gasteiger partial charge in [0, 0.05) is 19.3 Å². The largest absolute Gasteiger partial charge is 0.396 e. The predicted molar refractivity (Wildman–Crippen MR) is 92.0 cm³/mol. The Morgan fingerprint density at radius 3 is 1.79 bits per heavy atom. The van der Waals surface area contributed by atoms with Crippen LogP contribution in [-0.4, -0.2) is 43.7 Å². The van der Waals surface area contributed by atoms with Crippen molar-refractivity contribution >= 4 is 0 Å². The van der Waals surface area contributed by atoms with E-state index in [0.29, 0.717) is 26.2 Å². The van der Waals surface area contributed by atoms with Crippen LogP contribution in [0.25, 0.3) is 0 Å². The fourth-order valence-corrected chi connectivity index (χ4v) is 0.780. The van der Waals surface area contributed by atoms with Gasteiger partial charge in [-0.25, -0.2) is 0 Å². The molecule has 4 nitrogen and oxygen atoms in total. The van der Waals surface area contributed by atoms with E-state index in [2.05, 4.69) is 0 Å². The van der Waals surface area contributed by atoms with E-state index in [1.165, 1.54) is 0 Å². The zero-order valence-corrected chi connectivity index (χ0v) is 8.53. The van der Waals surface area contributed by atoms with Crippen LogP contribution in [0.2, 0.25) is 0 Å². The van der Waals surface area contributed by atoms with Crippen molar-refractivity contribution in [2.45, 2.75) is 77.0 Å². The first kappa shape index (κ1) is 42.8. The van der Waals surface area contributed by atoms with Crippen molar-refractivity contribution in [3.05, 3.63) is 0 Å². The van der Waals surface area contributed by atoms with Gasteiger partial charge in [-0.05, 0) is 20.3 Å². The van der Waals surface area contributed by atoms with Gasteiger partial charge in [0.05, 0.1) is 19.3 Å². The van der Waals surface area contributed by atoms with E-state index in [1.807, 2.05) is 13.8 Å². The minimum Gasteiger partial charge on any atom is -0.396 e. The Labute approximate surface area is 124 Å². The third-order valence-electron chi connectivity index (χ3n) is 1.44. The van der Waals surface area contributed by atoms with Crippen LogP contribution in [0.4, 0.5) is 0 Å². The molecule has 0 rings (SSSR count). The summed E-state index contributed by atoms with van der Waals surface area (Å²) in [6.45, 7) is 5.73. The molecule has 0 saturated heterocycles. The van der Waals surface area contributed by atoms with Gasteiger partial charge < -0.3 is 20.3 Å². The van der Waals surface area contributed by atoms with Crippen molar-refractivity contribution < 1.29 is 14.6 Å². The summed E-state index contributed by atoms with van der Waals surface area (Å²) in [5, 5.41) is 8.48. The molecule has 0 bridgehead atoms. The highest BCUT2D eigenvalue weighted by molar-refractivity contribution is 4.53. The number of ether oxygens (including phenoxy) is 2. The summed E-state index contributed by atoms with van der Waals surface area (Å²) in [5.74, 6) is 0. The van der Waals surface area contributed by atoms with E-state index in [-0.39, 0.29) is 63.3 Å². The standard InChI is InChI=1S/C9H21NO3.6CH4/c1-8(10)6-13-9(2)7-12-5-3-4-11;;;;;;/h8-9,11H,3-7,10H2,1-2H3;6*1H4. The molecule has 0 aromatic heterocycles. The van der Waals surface area contributed by atoms with Gasteiger partial charge in [-0.2, -0.15) is 0 Å². The van der Waals surface area contributed by atoms with Crippen LogP contribution >= 0.6 is 0 Å². The minimum atomic E-state index is 0. The van der Waals surface area contributed by atoms with Crippen molar-refractivity contribution in [2.75, 3.05) is 26.4 Å². The van der Waals surface area contributed by atoms with Gasteiger partial charge in [0.15, 0.2) is 0 Å². The van der Waals surface area contributed by atoms with Crippen molar-refractivity contribution in [1.82, 2.24) is 0 Å². The average molecular weight is 288 g/mol. The third kappa shape index (κ3) is 38.1. The maximum Gasteiger partial charge on any atom is 0.0781 e. The first-order valence-corrected chi connectivity index (χ1v) is 4.72. The van der Waals surface area contributed by atoms with Gasteiger partial charge in [-0.15, -0.1) is 0 Å². The Kier molecular flexibility index (Phi) is 69.1. The van der Waals surface area contributed by atoms with Crippen LogP contribution in [0, 0.1) is 0 Å². The lowest BCUT2D eigenvalue weighted by molar-refractivity contribution is -0.0124. The molecule has 0 aliphatic rings. The molecule has 2 atom stereocenters. The van der Waals surface area contributed by atoms with Crippen LogP contribution in [-0.2, 0) is 9.47 Å². The quantitative estimate of drug-likeness (QED) is 0.663. The Balaban J connectivity index is -0.0000000480. The van der Waals surface area contributed by atoms with E-state index < -0.39 is 0 Å². The lowest BCUT2D eigenvalue weighted by atomic mass is 10.4. The number of aliphatic hydroxyl groups excluding tert-OH is 1. The molecule has 2 unspecified atom stereocenters. The van der Waals surface area contributed by atoms with E-state index in [4.69, 9.17) is 20.3 Å². The van der Waals surface area contributed by atoms with Crippen LogP contribution in [0.15, 0.2) is 0 Å². The molecule has 19 heavy (non-hydrogen) atoms. The molecule has 0 aliphatic carbocycles. The zero-order valence-electron chi connectivity index (χ0n) is 8.53. The molecule has 0 aromatic carbocycles. The van der Waals surface area contributed by atoms with Crippen molar-refractivity contribution in [2.24, 2.45) is 5.73 Å². The molecule has 0 spiro atoms. The topological polar surface area (TPSA) is 64.7 Å². The summed E-state index contributed by atoms with van der Waals surface area (Å²) < 4.78 is 10.6. The van der Waals surface area contributed by atoms with E-state index in [9.17, 15) is 0 Å². The first-order chi connectivity index (χ1) is 6.16. The predicted octanol–water partition coefficient (Wildman–Crippen LogP) is 3.95. The summed E-state index contributed by atoms with van der Waals surface area (Å²) in [6.07, 6.45) is 0.754. The molecule has 0 aromatic rings. The van der Waals surface area contributed by atoms with Crippen LogP contribution in [0.5, 0.6) is 0 Å². The van der Waals surface area contributed by atoms with Gasteiger partial charge in [0.1, 0.15) is 0 Å². The second-order valence-electron chi connectivity index (χ2n) is 3.27. The smallest absolute Gasteiger partial charge is 0.0781 e. The average Bonchev–Trinajstić information content (AvgIpc) is 2.09. The van der Waals surface area contributed by atoms with Crippen LogP contribution < -0.4 is 5.73 Å². The lowest BCUT2D eigenvalue weighted by Crippen LogP contribution is -2.27. The molecule has 0 saturated carbocycles. The normalized spacial score (nSPS) is 10.7. The summed E-state index contributed by atoms with van der Waals surface area (Å²) in [5.41, 5.74) is 5.52. The monoisotopic (exact) mass is 287 g/mol. The summed E-state index contributed by atoms with van der Waals surface area (Å²) in [6, 6.07) is 0.0693. The van der Waals surface area contributed by atoms with E-state index in [0.717, 1.165) is 0 Å². The zero-order chi connectivity index (χ0) is 10.1. The number of hydrogen-bond donors (Lipinski definition) is 2. The number of nitrogens with two attached hydrogens (primary N) is 1. The first-order valence-electron chi connectivity index (χ1n) is 4.72. The lowest BCUT2D eigenvalue weighted by Gasteiger charge is -2.14. The Bertz CT molecular complexity index is 112. The number of hydrogen-bond acceptors (Lipinski definition) is 4. The molecule has 0 fully saturated rings. The van der Waals surface area contributed by atoms with Crippen LogP contribution in [0.3, 0.4) is 0 Å². The Morgan fingerprint density at radius 2 is 1.42 bits per heavy atom. The fraction of sp³-hybridized carbons (Fsp3) is 1.00. The van der Waals surface area contributed by atoms with Gasteiger partial charge in [0.25, 0.3) is 0 Å². The van der Waals surface area contributed by atoms with Crippen molar-refractivity contribution in [1.29, 1.82) is 0 Å². The Morgan fingerprint density at radius 1 is 0.947 bits per heavy atom. The molecule has 0 heterocycles. The van der Waals surface area contributed by atoms with Gasteiger partial charge in [-0.3, -0.25) is 0 Å². The molecular formula is C15H45NO3. The number of aliphatic hydroxyl groups is 1. The maximum atomic E-state index is 8.48. The molecule has 4 heteroatoms. The summed E-state index contributed by atoms with van der Waals surface area (Å²) in [7, 11) is 0. The van der Waals surface area contributed by atoms with E-state index in [1.54, 1.807) is 0 Å². The second kappa shape index (κ2) is 30.7. The van der Waals surface area contributed by atoms with E-state index >= 15 is 0 Å². The molecule has 128 valence electrons. The molecule has 0 amide bonds.